The van der Waals surface area contributed by atoms with Gasteiger partial charge in [0, 0.05) is 64.1 Å². The van der Waals surface area contributed by atoms with Crippen LogP contribution < -0.4 is 10.1 Å². The zero-order valence-corrected chi connectivity index (χ0v) is 22.1. The molecule has 0 radical (unpaired) electrons. The van der Waals surface area contributed by atoms with Crippen LogP contribution in [0.3, 0.4) is 0 Å². The van der Waals surface area contributed by atoms with E-state index in [1.54, 1.807) is 6.07 Å². The number of aryl methyl sites for hydroxylation is 1. The third kappa shape index (κ3) is 4.52. The molecule has 3 aliphatic rings. The molecule has 36 heavy (non-hydrogen) atoms. The summed E-state index contributed by atoms with van der Waals surface area (Å²) >= 11 is 3.57. The lowest BCUT2D eigenvalue weighted by atomic mass is 9.71. The second kappa shape index (κ2) is 10.1. The number of Topliss-reactive ketones (excluding diaryl/α,β-unsaturated/α-hetero) is 2. The molecule has 2 aromatic carbocycles. The predicted molar refractivity (Wildman–Crippen MR) is 142 cm³/mol. The highest BCUT2D eigenvalue weighted by Gasteiger charge is 2.43. The summed E-state index contributed by atoms with van der Waals surface area (Å²) in [6.07, 6.45) is 4.19. The van der Waals surface area contributed by atoms with E-state index in [2.05, 4.69) is 26.1 Å². The number of ketones is 2. The molecular formula is C29H29BrN2O4. The Morgan fingerprint density at radius 2 is 1.64 bits per heavy atom. The first-order valence-electron chi connectivity index (χ1n) is 12.4. The number of ether oxygens (including phenoxy) is 1. The average molecular weight is 549 g/mol. The van der Waals surface area contributed by atoms with Crippen LogP contribution >= 0.6 is 15.9 Å². The fourth-order valence-corrected chi connectivity index (χ4v) is 5.96. The van der Waals surface area contributed by atoms with Crippen LogP contribution in [0.2, 0.25) is 0 Å². The van der Waals surface area contributed by atoms with Crippen molar-refractivity contribution in [3.05, 3.63) is 80.6 Å². The summed E-state index contributed by atoms with van der Waals surface area (Å²) in [4.78, 5) is 41.4. The van der Waals surface area contributed by atoms with Crippen LogP contribution in [0.5, 0.6) is 5.75 Å². The largest absolute Gasteiger partial charge is 0.483 e. The van der Waals surface area contributed by atoms with Gasteiger partial charge in [-0.05, 0) is 62.4 Å². The Morgan fingerprint density at radius 1 is 1.00 bits per heavy atom. The minimum atomic E-state index is -0.487. The van der Waals surface area contributed by atoms with Crippen LogP contribution in [0.25, 0.3) is 0 Å². The molecule has 0 spiro atoms. The van der Waals surface area contributed by atoms with Crippen molar-refractivity contribution in [1.29, 1.82) is 0 Å². The first-order chi connectivity index (χ1) is 17.3. The van der Waals surface area contributed by atoms with Crippen molar-refractivity contribution in [2.45, 2.75) is 51.4 Å². The molecule has 0 aromatic heterocycles. The van der Waals surface area contributed by atoms with Gasteiger partial charge in [-0.15, -0.1) is 0 Å². The standard InChI is InChI=1S/C29H29BrN2O4/c1-17-7-3-4-8-20(17)31-26(35)16-36-25-14-13-18(30)15-19(25)27-28-21(9-5-11-23(28)33)32(2)22-10-6-12-24(34)29(22)27/h3-4,7-8,13-15,27H,5-6,9-12,16H2,1-2H3,(H,31,35). The molecule has 186 valence electrons. The molecule has 0 saturated carbocycles. The molecule has 0 unspecified atom stereocenters. The lowest BCUT2D eigenvalue weighted by molar-refractivity contribution is -0.119. The summed E-state index contributed by atoms with van der Waals surface area (Å²) in [7, 11) is 1.98. The Bertz CT molecular complexity index is 1280. The lowest BCUT2D eigenvalue weighted by Crippen LogP contribution is -2.37. The normalized spacial score (nSPS) is 18.2. The van der Waals surface area contributed by atoms with Crippen molar-refractivity contribution in [2.24, 2.45) is 0 Å². The zero-order valence-electron chi connectivity index (χ0n) is 20.5. The van der Waals surface area contributed by atoms with E-state index in [4.69, 9.17) is 4.74 Å². The van der Waals surface area contributed by atoms with Crippen LogP contribution in [0.15, 0.2) is 69.5 Å². The molecule has 0 atom stereocenters. The lowest BCUT2D eigenvalue weighted by Gasteiger charge is -2.42. The molecule has 1 heterocycles. The van der Waals surface area contributed by atoms with Crippen LogP contribution in [0.1, 0.15) is 55.6 Å². The zero-order chi connectivity index (χ0) is 25.4. The molecule has 0 saturated heterocycles. The molecule has 2 aromatic rings. The Morgan fingerprint density at radius 3 is 2.28 bits per heavy atom. The highest BCUT2D eigenvalue weighted by atomic mass is 79.9. The second-order valence-corrected chi connectivity index (χ2v) is 10.5. The fraction of sp³-hybridized carbons (Fsp3) is 0.345. The molecule has 0 fully saturated rings. The number of rotatable bonds is 5. The quantitative estimate of drug-likeness (QED) is 0.509. The van der Waals surface area contributed by atoms with E-state index in [1.807, 2.05) is 50.4 Å². The maximum Gasteiger partial charge on any atom is 0.262 e. The molecule has 1 aliphatic heterocycles. The third-order valence-electron chi connectivity index (χ3n) is 7.31. The van der Waals surface area contributed by atoms with Crippen molar-refractivity contribution >= 4 is 39.1 Å². The van der Waals surface area contributed by atoms with Crippen molar-refractivity contribution in [3.63, 3.8) is 0 Å². The summed E-state index contributed by atoms with van der Waals surface area (Å²) < 4.78 is 6.88. The van der Waals surface area contributed by atoms with E-state index in [1.165, 1.54) is 0 Å². The van der Waals surface area contributed by atoms with E-state index in [0.717, 1.165) is 58.4 Å². The van der Waals surface area contributed by atoms with Crippen LogP contribution in [0, 0.1) is 6.92 Å². The predicted octanol–water partition coefficient (Wildman–Crippen LogP) is 5.82. The molecular weight excluding hydrogens is 520 g/mol. The molecule has 2 aliphatic carbocycles. The number of carbonyl (C=O) groups is 3. The summed E-state index contributed by atoms with van der Waals surface area (Å²) in [5.74, 6) is -0.0896. The van der Waals surface area contributed by atoms with Crippen molar-refractivity contribution in [2.75, 3.05) is 19.0 Å². The van der Waals surface area contributed by atoms with Crippen molar-refractivity contribution < 1.29 is 19.1 Å². The van der Waals surface area contributed by atoms with Gasteiger partial charge < -0.3 is 15.0 Å². The number of amides is 1. The summed E-state index contributed by atoms with van der Waals surface area (Å²) in [5, 5.41) is 2.89. The monoisotopic (exact) mass is 548 g/mol. The highest BCUT2D eigenvalue weighted by Crippen LogP contribution is 2.50. The van der Waals surface area contributed by atoms with Crippen LogP contribution in [-0.2, 0) is 14.4 Å². The number of para-hydroxylation sites is 1. The minimum Gasteiger partial charge on any atom is -0.483 e. The van der Waals surface area contributed by atoms with Gasteiger partial charge in [-0.25, -0.2) is 0 Å². The SMILES string of the molecule is Cc1ccccc1NC(=O)COc1ccc(Br)cc1C1C2=C(CCCC2=O)N(C)C2=C1C(=O)CCC2. The number of hydrogen-bond acceptors (Lipinski definition) is 5. The average Bonchev–Trinajstić information content (AvgIpc) is 2.86. The summed E-state index contributed by atoms with van der Waals surface area (Å²) in [5.41, 5.74) is 5.86. The van der Waals surface area contributed by atoms with Gasteiger partial charge in [-0.2, -0.15) is 0 Å². The third-order valence-corrected chi connectivity index (χ3v) is 7.80. The molecule has 1 N–H and O–H groups in total. The molecule has 6 nitrogen and oxygen atoms in total. The van der Waals surface area contributed by atoms with E-state index in [0.29, 0.717) is 29.7 Å². The Balaban J connectivity index is 1.52. The first kappa shape index (κ1) is 24.5. The van der Waals surface area contributed by atoms with Gasteiger partial charge in [0.25, 0.3) is 5.91 Å². The van der Waals surface area contributed by atoms with Gasteiger partial charge in [0.15, 0.2) is 18.2 Å². The van der Waals surface area contributed by atoms with E-state index >= 15 is 0 Å². The number of benzene rings is 2. The van der Waals surface area contributed by atoms with Gasteiger partial charge in [0.05, 0.1) is 0 Å². The first-order valence-corrected chi connectivity index (χ1v) is 13.2. The van der Waals surface area contributed by atoms with Crippen LogP contribution in [-0.4, -0.2) is 36.0 Å². The summed E-state index contributed by atoms with van der Waals surface area (Å²) in [6, 6.07) is 13.1. The van der Waals surface area contributed by atoms with E-state index in [9.17, 15) is 14.4 Å². The number of carbonyl (C=O) groups excluding carboxylic acids is 3. The van der Waals surface area contributed by atoms with Gasteiger partial charge in [0.2, 0.25) is 0 Å². The number of allylic oxidation sites excluding steroid dienone is 4. The van der Waals surface area contributed by atoms with Gasteiger partial charge in [-0.1, -0.05) is 34.1 Å². The molecule has 0 bridgehead atoms. The maximum absolute atomic E-state index is 13.3. The fourth-order valence-electron chi connectivity index (χ4n) is 5.58. The van der Waals surface area contributed by atoms with Gasteiger partial charge in [-0.3, -0.25) is 14.4 Å². The second-order valence-electron chi connectivity index (χ2n) is 9.60. The van der Waals surface area contributed by atoms with Gasteiger partial charge in [0.1, 0.15) is 5.75 Å². The van der Waals surface area contributed by atoms with Crippen molar-refractivity contribution in [3.8, 4) is 5.75 Å². The van der Waals surface area contributed by atoms with E-state index in [-0.39, 0.29) is 24.1 Å². The minimum absolute atomic E-state index is 0.0845. The smallest absolute Gasteiger partial charge is 0.262 e. The number of nitrogens with one attached hydrogen (secondary N) is 1. The maximum atomic E-state index is 13.3. The topological polar surface area (TPSA) is 75.7 Å². The Hall–Kier alpha value is -3.19. The Kier molecular flexibility index (Phi) is 6.84. The molecule has 5 rings (SSSR count). The highest BCUT2D eigenvalue weighted by molar-refractivity contribution is 9.10. The molecule has 1 amide bonds. The molecule has 7 heteroatoms. The Labute approximate surface area is 219 Å². The number of halogens is 1. The number of hydrogen-bond donors (Lipinski definition) is 1. The summed E-state index contributed by atoms with van der Waals surface area (Å²) in [6.45, 7) is 1.75. The van der Waals surface area contributed by atoms with E-state index < -0.39 is 5.92 Å². The van der Waals surface area contributed by atoms with Crippen LogP contribution in [0.4, 0.5) is 5.69 Å². The number of anilines is 1. The van der Waals surface area contributed by atoms with Crippen molar-refractivity contribution in [1.82, 2.24) is 4.90 Å². The number of nitrogens with zero attached hydrogens (tertiary/aromatic N) is 1. The van der Waals surface area contributed by atoms with Gasteiger partial charge >= 0.3 is 0 Å².